The van der Waals surface area contributed by atoms with Crippen molar-refractivity contribution in [3.63, 3.8) is 0 Å². The number of rotatable bonds is 8. The third-order valence-corrected chi connectivity index (χ3v) is 4.13. The van der Waals surface area contributed by atoms with E-state index in [2.05, 4.69) is 52.8 Å². The smallest absolute Gasteiger partial charge is 0.191 e. The van der Waals surface area contributed by atoms with Crippen LogP contribution < -0.4 is 10.6 Å². The first-order valence-electron chi connectivity index (χ1n) is 8.65. The van der Waals surface area contributed by atoms with Gasteiger partial charge in [0.05, 0.1) is 19.2 Å². The molecule has 1 aliphatic rings. The highest BCUT2D eigenvalue weighted by molar-refractivity contribution is 14.0. The van der Waals surface area contributed by atoms with E-state index < -0.39 is 0 Å². The molecule has 1 heterocycles. The van der Waals surface area contributed by atoms with E-state index in [1.54, 1.807) is 7.11 Å². The summed E-state index contributed by atoms with van der Waals surface area (Å²) in [7, 11) is 1.71. The number of aliphatic imine (C=N–C) groups is 1. The van der Waals surface area contributed by atoms with E-state index in [0.29, 0.717) is 12.6 Å². The zero-order valence-electron chi connectivity index (χ0n) is 14.8. The molecule has 1 aromatic carbocycles. The van der Waals surface area contributed by atoms with Crippen molar-refractivity contribution in [1.29, 1.82) is 0 Å². The molecule has 1 unspecified atom stereocenters. The molecule has 5 nitrogen and oxygen atoms in total. The maximum absolute atomic E-state index is 5.09. The van der Waals surface area contributed by atoms with Gasteiger partial charge in [-0.15, -0.1) is 24.0 Å². The molecule has 1 aromatic rings. The Bertz CT molecular complexity index is 463. The van der Waals surface area contributed by atoms with Crippen molar-refractivity contribution >= 4 is 29.9 Å². The molecule has 1 aliphatic heterocycles. The van der Waals surface area contributed by atoms with Crippen LogP contribution in [-0.4, -0.2) is 57.3 Å². The summed E-state index contributed by atoms with van der Waals surface area (Å²) < 4.78 is 5.09. The van der Waals surface area contributed by atoms with Gasteiger partial charge in [0.2, 0.25) is 0 Å². The standard InChI is InChI=1S/C18H30N4O.HI/c1-3-19-18(20-11-14-23-2)21-15-17(22-12-7-8-13-22)16-9-5-4-6-10-16;/h4-6,9-10,17H,3,7-8,11-15H2,1-2H3,(H2,19,20,21);1H. The summed E-state index contributed by atoms with van der Waals surface area (Å²) in [5.74, 6) is 0.865. The SMILES string of the molecule is CCNC(=NCC(c1ccccc1)N1CCCC1)NCCOC.I. The maximum atomic E-state index is 5.09. The summed E-state index contributed by atoms with van der Waals surface area (Å²) in [5, 5.41) is 6.62. The van der Waals surface area contributed by atoms with Gasteiger partial charge in [-0.1, -0.05) is 30.3 Å². The molecule has 0 aliphatic carbocycles. The number of ether oxygens (including phenoxy) is 1. The Labute approximate surface area is 163 Å². The molecule has 0 radical (unpaired) electrons. The number of nitrogens with one attached hydrogen (secondary N) is 2. The van der Waals surface area contributed by atoms with Gasteiger partial charge < -0.3 is 15.4 Å². The fourth-order valence-electron chi connectivity index (χ4n) is 2.95. The lowest BCUT2D eigenvalue weighted by Gasteiger charge is -2.27. The van der Waals surface area contributed by atoms with Crippen LogP contribution in [0.5, 0.6) is 0 Å². The van der Waals surface area contributed by atoms with Crippen molar-refractivity contribution in [2.45, 2.75) is 25.8 Å². The number of guanidine groups is 1. The average molecular weight is 446 g/mol. The van der Waals surface area contributed by atoms with Gasteiger partial charge in [0.25, 0.3) is 0 Å². The molecular formula is C18H31IN4O. The maximum Gasteiger partial charge on any atom is 0.191 e. The second-order valence-corrected chi connectivity index (χ2v) is 5.81. The number of hydrogen-bond donors (Lipinski definition) is 2. The van der Waals surface area contributed by atoms with Gasteiger partial charge in [0.15, 0.2) is 5.96 Å². The second-order valence-electron chi connectivity index (χ2n) is 5.81. The molecule has 136 valence electrons. The Balaban J connectivity index is 0.00000288. The number of likely N-dealkylation sites (tertiary alicyclic amines) is 1. The molecule has 2 rings (SSSR count). The van der Waals surface area contributed by atoms with Crippen molar-refractivity contribution in [3.8, 4) is 0 Å². The van der Waals surface area contributed by atoms with Gasteiger partial charge >= 0.3 is 0 Å². The minimum atomic E-state index is 0. The Morgan fingerprint density at radius 3 is 2.54 bits per heavy atom. The molecule has 0 amide bonds. The van der Waals surface area contributed by atoms with Crippen molar-refractivity contribution in [3.05, 3.63) is 35.9 Å². The minimum absolute atomic E-state index is 0. The van der Waals surface area contributed by atoms with Crippen LogP contribution >= 0.6 is 24.0 Å². The highest BCUT2D eigenvalue weighted by Crippen LogP contribution is 2.25. The van der Waals surface area contributed by atoms with E-state index in [9.17, 15) is 0 Å². The van der Waals surface area contributed by atoms with Crippen molar-refractivity contribution in [1.82, 2.24) is 15.5 Å². The largest absolute Gasteiger partial charge is 0.383 e. The van der Waals surface area contributed by atoms with Gasteiger partial charge in [-0.25, -0.2) is 0 Å². The summed E-state index contributed by atoms with van der Waals surface area (Å²) >= 11 is 0. The van der Waals surface area contributed by atoms with Gasteiger partial charge in [-0.3, -0.25) is 9.89 Å². The minimum Gasteiger partial charge on any atom is -0.383 e. The third kappa shape index (κ3) is 6.94. The van der Waals surface area contributed by atoms with Gasteiger partial charge in [0, 0.05) is 20.2 Å². The number of hydrogen-bond acceptors (Lipinski definition) is 3. The van der Waals surface area contributed by atoms with E-state index in [1.165, 1.54) is 31.5 Å². The zero-order chi connectivity index (χ0) is 16.3. The fraction of sp³-hybridized carbons (Fsp3) is 0.611. The van der Waals surface area contributed by atoms with Crippen LogP contribution in [0, 0.1) is 0 Å². The summed E-state index contributed by atoms with van der Waals surface area (Å²) in [6.07, 6.45) is 2.58. The average Bonchev–Trinajstić information content (AvgIpc) is 3.10. The molecule has 0 spiro atoms. The lowest BCUT2D eigenvalue weighted by Crippen LogP contribution is -2.39. The molecule has 24 heavy (non-hydrogen) atoms. The Kier molecular flexibility index (Phi) is 11.0. The van der Waals surface area contributed by atoms with Gasteiger partial charge in [-0.05, 0) is 38.4 Å². The number of methoxy groups -OCH3 is 1. The highest BCUT2D eigenvalue weighted by atomic mass is 127. The van der Waals surface area contributed by atoms with E-state index in [0.717, 1.165) is 25.6 Å². The lowest BCUT2D eigenvalue weighted by molar-refractivity contribution is 0.203. The zero-order valence-corrected chi connectivity index (χ0v) is 17.2. The Morgan fingerprint density at radius 2 is 1.92 bits per heavy atom. The summed E-state index contributed by atoms with van der Waals surface area (Å²) in [4.78, 5) is 7.36. The molecule has 6 heteroatoms. The Morgan fingerprint density at radius 1 is 1.21 bits per heavy atom. The van der Waals surface area contributed by atoms with Crippen molar-refractivity contribution < 1.29 is 4.74 Å². The first-order chi connectivity index (χ1) is 11.3. The molecular weight excluding hydrogens is 415 g/mol. The topological polar surface area (TPSA) is 48.9 Å². The molecule has 1 saturated heterocycles. The van der Waals surface area contributed by atoms with E-state index in [-0.39, 0.29) is 24.0 Å². The fourth-order valence-corrected chi connectivity index (χ4v) is 2.95. The summed E-state index contributed by atoms with van der Waals surface area (Å²) in [5.41, 5.74) is 1.35. The van der Waals surface area contributed by atoms with Crippen LogP contribution in [0.4, 0.5) is 0 Å². The molecule has 1 fully saturated rings. The molecule has 1 atom stereocenters. The molecule has 0 bridgehead atoms. The predicted octanol–water partition coefficient (Wildman–Crippen LogP) is 2.64. The van der Waals surface area contributed by atoms with E-state index in [4.69, 9.17) is 9.73 Å². The van der Waals surface area contributed by atoms with Crippen LogP contribution in [0.3, 0.4) is 0 Å². The first kappa shape index (κ1) is 21.2. The van der Waals surface area contributed by atoms with Crippen LogP contribution in [0.25, 0.3) is 0 Å². The van der Waals surface area contributed by atoms with Crippen LogP contribution in [-0.2, 0) is 4.74 Å². The predicted molar refractivity (Wildman–Crippen MR) is 111 cm³/mol. The van der Waals surface area contributed by atoms with E-state index in [1.807, 2.05) is 0 Å². The third-order valence-electron chi connectivity index (χ3n) is 4.13. The quantitative estimate of drug-likeness (QED) is 0.279. The first-order valence-corrected chi connectivity index (χ1v) is 8.65. The Hall–Kier alpha value is -0.860. The van der Waals surface area contributed by atoms with Crippen LogP contribution in [0.1, 0.15) is 31.4 Å². The summed E-state index contributed by atoms with van der Waals surface area (Å²) in [6, 6.07) is 11.1. The second kappa shape index (κ2) is 12.5. The lowest BCUT2D eigenvalue weighted by atomic mass is 10.1. The van der Waals surface area contributed by atoms with Crippen LogP contribution in [0.2, 0.25) is 0 Å². The van der Waals surface area contributed by atoms with E-state index >= 15 is 0 Å². The molecule has 0 aromatic heterocycles. The van der Waals surface area contributed by atoms with Crippen LogP contribution in [0.15, 0.2) is 35.3 Å². The summed E-state index contributed by atoms with van der Waals surface area (Å²) in [6.45, 7) is 7.50. The number of nitrogens with zero attached hydrogens (tertiary/aromatic N) is 2. The monoisotopic (exact) mass is 446 g/mol. The van der Waals surface area contributed by atoms with Gasteiger partial charge in [0.1, 0.15) is 0 Å². The number of benzene rings is 1. The molecule has 0 saturated carbocycles. The van der Waals surface area contributed by atoms with Crippen molar-refractivity contribution in [2.75, 3.05) is 46.4 Å². The number of halogens is 1. The molecule has 2 N–H and O–H groups in total. The van der Waals surface area contributed by atoms with Crippen molar-refractivity contribution in [2.24, 2.45) is 4.99 Å². The highest BCUT2D eigenvalue weighted by Gasteiger charge is 2.23. The normalized spacial score (nSPS) is 16.5. The van der Waals surface area contributed by atoms with Gasteiger partial charge in [-0.2, -0.15) is 0 Å².